The first-order valence-electron chi connectivity index (χ1n) is 8.71. The lowest BCUT2D eigenvalue weighted by molar-refractivity contribution is -0.145. The average Bonchev–Trinajstić information content (AvgIpc) is 2.95. The average molecular weight is 320 g/mol. The first-order valence-corrected chi connectivity index (χ1v) is 8.71. The van der Waals surface area contributed by atoms with Crippen molar-refractivity contribution in [3.05, 3.63) is 0 Å². The van der Waals surface area contributed by atoms with Crippen LogP contribution in [0.2, 0.25) is 0 Å². The Labute approximate surface area is 139 Å². The van der Waals surface area contributed by atoms with Crippen LogP contribution in [0.25, 0.3) is 0 Å². The first-order chi connectivity index (χ1) is 11.0. The van der Waals surface area contributed by atoms with Crippen molar-refractivity contribution in [3.8, 4) is 6.07 Å². The Hall–Kier alpha value is -1.61. The summed E-state index contributed by atoms with van der Waals surface area (Å²) in [5, 5.41) is 9.31. The van der Waals surface area contributed by atoms with E-state index in [0.29, 0.717) is 32.5 Å². The van der Waals surface area contributed by atoms with Gasteiger partial charge in [-0.1, -0.05) is 20.8 Å². The maximum absolute atomic E-state index is 12.8. The van der Waals surface area contributed by atoms with E-state index in [9.17, 15) is 14.9 Å². The molecule has 0 bridgehead atoms. The van der Waals surface area contributed by atoms with Crippen LogP contribution in [0.5, 0.6) is 0 Å². The molecule has 0 aromatic carbocycles. The van der Waals surface area contributed by atoms with Crippen LogP contribution >= 0.6 is 0 Å². The number of carbonyl (C=O) groups excluding carboxylic acids is 2. The van der Waals surface area contributed by atoms with Crippen LogP contribution in [0.3, 0.4) is 0 Å². The predicted molar refractivity (Wildman–Crippen MR) is 87.4 cm³/mol. The van der Waals surface area contributed by atoms with Gasteiger partial charge in [-0.3, -0.25) is 14.5 Å². The van der Waals surface area contributed by atoms with E-state index in [0.717, 1.165) is 19.5 Å². The van der Waals surface area contributed by atoms with Gasteiger partial charge in [0.2, 0.25) is 11.8 Å². The summed E-state index contributed by atoms with van der Waals surface area (Å²) in [5.41, 5.74) is 0. The zero-order chi connectivity index (χ0) is 17.0. The lowest BCUT2D eigenvalue weighted by atomic mass is 10.0. The van der Waals surface area contributed by atoms with Crippen molar-refractivity contribution in [2.45, 2.75) is 52.1 Å². The number of hydrogen-bond donors (Lipinski definition) is 0. The van der Waals surface area contributed by atoms with E-state index in [4.69, 9.17) is 0 Å². The van der Waals surface area contributed by atoms with Crippen LogP contribution in [0.4, 0.5) is 0 Å². The Bertz CT molecular complexity index is 477. The Morgan fingerprint density at radius 2 is 1.87 bits per heavy atom. The fourth-order valence-electron chi connectivity index (χ4n) is 3.61. The maximum atomic E-state index is 12.8. The van der Waals surface area contributed by atoms with Gasteiger partial charge >= 0.3 is 0 Å². The van der Waals surface area contributed by atoms with Crippen LogP contribution in [-0.2, 0) is 9.59 Å². The topological polar surface area (TPSA) is 67.7 Å². The van der Waals surface area contributed by atoms with Gasteiger partial charge in [0.1, 0.15) is 12.1 Å². The second kappa shape index (κ2) is 7.78. The smallest absolute Gasteiger partial charge is 0.245 e. The number of nitriles is 1. The summed E-state index contributed by atoms with van der Waals surface area (Å²) >= 11 is 0. The fourth-order valence-corrected chi connectivity index (χ4v) is 3.61. The van der Waals surface area contributed by atoms with Gasteiger partial charge in [0, 0.05) is 39.1 Å². The Morgan fingerprint density at radius 3 is 2.30 bits per heavy atom. The zero-order valence-electron chi connectivity index (χ0n) is 14.5. The van der Waals surface area contributed by atoms with Gasteiger partial charge in [-0.2, -0.15) is 5.26 Å². The number of rotatable bonds is 5. The van der Waals surface area contributed by atoms with Gasteiger partial charge in [0.05, 0.1) is 6.07 Å². The number of likely N-dealkylation sites (tertiary alicyclic amines) is 1. The van der Waals surface area contributed by atoms with Crippen LogP contribution < -0.4 is 0 Å². The van der Waals surface area contributed by atoms with Gasteiger partial charge in [-0.05, 0) is 18.8 Å². The molecule has 2 rings (SSSR count). The van der Waals surface area contributed by atoms with Gasteiger partial charge in [0.15, 0.2) is 0 Å². The summed E-state index contributed by atoms with van der Waals surface area (Å²) < 4.78 is 0. The SMILES string of the molecule is CC[C@@H](C(=O)N1CCN([C@@H](C#N)C(C)C)CC1)N1CCCC1=O. The highest BCUT2D eigenvalue weighted by molar-refractivity contribution is 5.88. The summed E-state index contributed by atoms with van der Waals surface area (Å²) in [7, 11) is 0. The monoisotopic (exact) mass is 320 g/mol. The quantitative estimate of drug-likeness (QED) is 0.760. The Morgan fingerprint density at radius 1 is 1.22 bits per heavy atom. The van der Waals surface area contributed by atoms with Gasteiger partial charge in [-0.15, -0.1) is 0 Å². The molecule has 0 aromatic rings. The summed E-state index contributed by atoms with van der Waals surface area (Å²) in [6, 6.07) is 1.97. The van der Waals surface area contributed by atoms with E-state index >= 15 is 0 Å². The second-order valence-electron chi connectivity index (χ2n) is 6.79. The van der Waals surface area contributed by atoms with Crippen LogP contribution in [0.15, 0.2) is 0 Å². The third kappa shape index (κ3) is 3.84. The highest BCUT2D eigenvalue weighted by atomic mass is 16.2. The van der Waals surface area contributed by atoms with E-state index in [2.05, 4.69) is 24.8 Å². The summed E-state index contributed by atoms with van der Waals surface area (Å²) in [5.74, 6) is 0.460. The minimum Gasteiger partial charge on any atom is -0.338 e. The van der Waals surface area contributed by atoms with Gasteiger partial charge in [-0.25, -0.2) is 0 Å². The van der Waals surface area contributed by atoms with E-state index in [1.54, 1.807) is 4.90 Å². The number of amides is 2. The molecule has 2 fully saturated rings. The van der Waals surface area contributed by atoms with Crippen molar-refractivity contribution in [1.29, 1.82) is 5.26 Å². The molecule has 2 heterocycles. The molecule has 2 amide bonds. The maximum Gasteiger partial charge on any atom is 0.245 e. The minimum atomic E-state index is -0.312. The molecule has 0 saturated carbocycles. The normalized spacial score (nSPS) is 22.3. The number of hydrogen-bond acceptors (Lipinski definition) is 4. The van der Waals surface area contributed by atoms with Crippen molar-refractivity contribution in [1.82, 2.24) is 14.7 Å². The molecule has 0 N–H and O–H groups in total. The van der Waals surface area contributed by atoms with Gasteiger partial charge in [0.25, 0.3) is 0 Å². The lowest BCUT2D eigenvalue weighted by Gasteiger charge is -2.40. The number of piperazine rings is 1. The van der Waals surface area contributed by atoms with Crippen LogP contribution in [0.1, 0.15) is 40.0 Å². The number of nitrogens with zero attached hydrogens (tertiary/aromatic N) is 4. The third-order valence-electron chi connectivity index (χ3n) is 4.94. The number of carbonyl (C=O) groups is 2. The molecule has 2 atom stereocenters. The largest absolute Gasteiger partial charge is 0.338 e. The van der Waals surface area contributed by atoms with Crippen molar-refractivity contribution >= 4 is 11.8 Å². The highest BCUT2D eigenvalue weighted by Crippen LogP contribution is 2.19. The molecule has 128 valence electrons. The predicted octanol–water partition coefficient (Wildman–Crippen LogP) is 1.08. The van der Waals surface area contributed by atoms with Crippen molar-refractivity contribution < 1.29 is 9.59 Å². The van der Waals surface area contributed by atoms with Crippen LogP contribution in [0, 0.1) is 17.2 Å². The molecule has 0 unspecified atom stereocenters. The summed E-state index contributed by atoms with van der Waals surface area (Å²) in [6.45, 7) is 9.51. The molecule has 6 heteroatoms. The van der Waals surface area contributed by atoms with Crippen LogP contribution in [-0.4, -0.2) is 71.3 Å². The second-order valence-corrected chi connectivity index (χ2v) is 6.79. The highest BCUT2D eigenvalue weighted by Gasteiger charge is 2.36. The molecule has 23 heavy (non-hydrogen) atoms. The molecule has 6 nitrogen and oxygen atoms in total. The standard InChI is InChI=1S/C17H28N4O2/c1-4-14(21-7-5-6-16(21)22)17(23)20-10-8-19(9-11-20)15(12-18)13(2)3/h13-15H,4-11H2,1-3H3/t14-,15-/m0/s1. The van der Waals surface area contributed by atoms with E-state index < -0.39 is 0 Å². The fraction of sp³-hybridized carbons (Fsp3) is 0.824. The molecule has 2 aliphatic heterocycles. The summed E-state index contributed by atoms with van der Waals surface area (Å²) in [6.07, 6.45) is 2.09. The molecule has 2 saturated heterocycles. The van der Waals surface area contributed by atoms with E-state index in [-0.39, 0.29) is 29.8 Å². The molecular weight excluding hydrogens is 292 g/mol. The molecule has 0 aromatic heterocycles. The van der Waals surface area contributed by atoms with Crippen molar-refractivity contribution in [2.24, 2.45) is 5.92 Å². The Balaban J connectivity index is 1.95. The van der Waals surface area contributed by atoms with E-state index in [1.165, 1.54) is 0 Å². The molecular formula is C17H28N4O2. The lowest BCUT2D eigenvalue weighted by Crippen LogP contribution is -2.57. The van der Waals surface area contributed by atoms with Gasteiger partial charge < -0.3 is 9.80 Å². The molecule has 0 radical (unpaired) electrons. The molecule has 0 spiro atoms. The summed E-state index contributed by atoms with van der Waals surface area (Å²) in [4.78, 5) is 30.5. The molecule has 0 aliphatic carbocycles. The minimum absolute atomic E-state index is 0.0699. The first kappa shape index (κ1) is 17.7. The Kier molecular flexibility index (Phi) is 6.00. The van der Waals surface area contributed by atoms with E-state index in [1.807, 2.05) is 11.8 Å². The zero-order valence-corrected chi connectivity index (χ0v) is 14.5. The molecule has 2 aliphatic rings. The van der Waals surface area contributed by atoms with Crippen molar-refractivity contribution in [3.63, 3.8) is 0 Å². The third-order valence-corrected chi connectivity index (χ3v) is 4.94. The van der Waals surface area contributed by atoms with Crippen molar-refractivity contribution in [2.75, 3.05) is 32.7 Å².